The quantitative estimate of drug-likeness (QED) is 0.584. The Morgan fingerprint density at radius 3 is 2.48 bits per heavy atom. The van der Waals surface area contributed by atoms with Crippen LogP contribution >= 0.6 is 11.6 Å². The van der Waals surface area contributed by atoms with Crippen molar-refractivity contribution in [1.82, 2.24) is 9.97 Å². The van der Waals surface area contributed by atoms with Gasteiger partial charge in [0, 0.05) is 17.2 Å². The summed E-state index contributed by atoms with van der Waals surface area (Å²) >= 11 is 6.17. The highest BCUT2D eigenvalue weighted by atomic mass is 35.5. The molecule has 2 atom stereocenters. The van der Waals surface area contributed by atoms with Crippen LogP contribution in [0.3, 0.4) is 0 Å². The largest absolute Gasteiger partial charge is 0.223 e. The summed E-state index contributed by atoms with van der Waals surface area (Å²) in [4.78, 5) is 8.88. The second-order valence-electron chi connectivity index (χ2n) is 7.12. The van der Waals surface area contributed by atoms with Crippen LogP contribution in [0.4, 0.5) is 0 Å². The van der Waals surface area contributed by atoms with Crippen molar-refractivity contribution in [1.29, 1.82) is 0 Å². The predicted molar refractivity (Wildman–Crippen MR) is 112 cm³/mol. The maximum Gasteiger partial charge on any atom is 0.223 e. The molecular formula is C24H19ClN2. The Labute approximate surface area is 164 Å². The lowest BCUT2D eigenvalue weighted by Crippen LogP contribution is -2.17. The summed E-state index contributed by atoms with van der Waals surface area (Å²) in [5.74, 6) is 0.932. The van der Waals surface area contributed by atoms with E-state index >= 15 is 0 Å². The zero-order valence-corrected chi connectivity index (χ0v) is 15.6. The number of allylic oxidation sites excluding steroid dienone is 12. The molecule has 0 fully saturated rings. The van der Waals surface area contributed by atoms with E-state index in [1.165, 1.54) is 16.7 Å². The molecule has 3 heteroatoms. The van der Waals surface area contributed by atoms with Gasteiger partial charge in [-0.1, -0.05) is 72.9 Å². The number of hydrogen-bond donors (Lipinski definition) is 0. The fourth-order valence-electron chi connectivity index (χ4n) is 4.21. The molecule has 1 aromatic carbocycles. The first kappa shape index (κ1) is 16.5. The van der Waals surface area contributed by atoms with E-state index in [0.717, 1.165) is 29.4 Å². The molecule has 0 spiro atoms. The number of hydrogen-bond acceptors (Lipinski definition) is 2. The van der Waals surface area contributed by atoms with Crippen molar-refractivity contribution >= 4 is 28.1 Å². The van der Waals surface area contributed by atoms with E-state index < -0.39 is 0 Å². The van der Waals surface area contributed by atoms with E-state index in [1.807, 2.05) is 18.2 Å². The molecule has 0 bridgehead atoms. The standard InChI is InChI=1S/C24H19ClN2/c25-24-26-22-11-4-3-9-21(22)23(27-24)18-14-12-17(13-15-18)20-10-5-7-16-6-1-2-8-19(16)20/h1-12,14,16,19H,13,15H2. The molecule has 1 aromatic heterocycles. The van der Waals surface area contributed by atoms with Gasteiger partial charge in [-0.15, -0.1) is 0 Å². The fraction of sp³-hybridized carbons (Fsp3) is 0.167. The van der Waals surface area contributed by atoms with Gasteiger partial charge in [0.05, 0.1) is 11.2 Å². The lowest BCUT2D eigenvalue weighted by Gasteiger charge is -2.29. The smallest absolute Gasteiger partial charge is 0.218 e. The number of nitrogens with zero attached hydrogens (tertiary/aromatic N) is 2. The van der Waals surface area contributed by atoms with E-state index in [2.05, 4.69) is 70.7 Å². The van der Waals surface area contributed by atoms with Crippen LogP contribution in [0.2, 0.25) is 5.28 Å². The third-order valence-corrected chi connectivity index (χ3v) is 5.72. The van der Waals surface area contributed by atoms with Crippen molar-refractivity contribution in [2.75, 3.05) is 0 Å². The SMILES string of the molecule is Clc1nc(C2=CC=C(C3=CC=CC4C=CC=CC34)CC2)c2ccccc2n1. The molecule has 0 radical (unpaired) electrons. The number of rotatable bonds is 2. The summed E-state index contributed by atoms with van der Waals surface area (Å²) in [6, 6.07) is 8.06. The highest BCUT2D eigenvalue weighted by Crippen LogP contribution is 2.39. The van der Waals surface area contributed by atoms with Crippen molar-refractivity contribution in [3.05, 3.63) is 101 Å². The molecule has 27 heavy (non-hydrogen) atoms. The molecule has 132 valence electrons. The molecule has 0 saturated heterocycles. The molecule has 0 N–H and O–H groups in total. The number of fused-ring (bicyclic) bond motifs is 2. The van der Waals surface area contributed by atoms with Crippen LogP contribution in [-0.4, -0.2) is 9.97 Å². The number of benzene rings is 1. The Morgan fingerprint density at radius 2 is 1.59 bits per heavy atom. The van der Waals surface area contributed by atoms with Gasteiger partial charge in [-0.2, -0.15) is 0 Å². The van der Waals surface area contributed by atoms with Crippen LogP contribution in [0.25, 0.3) is 16.5 Å². The third-order valence-electron chi connectivity index (χ3n) is 5.55. The van der Waals surface area contributed by atoms with Crippen LogP contribution in [0.15, 0.2) is 90.1 Å². The second kappa shape index (κ2) is 6.79. The lowest BCUT2D eigenvalue weighted by atomic mass is 9.75. The second-order valence-corrected chi connectivity index (χ2v) is 7.46. The third kappa shape index (κ3) is 3.00. The van der Waals surface area contributed by atoms with Crippen molar-refractivity contribution < 1.29 is 0 Å². The van der Waals surface area contributed by atoms with Gasteiger partial charge in [0.2, 0.25) is 5.28 Å². The summed E-state index contributed by atoms with van der Waals surface area (Å²) in [5, 5.41) is 1.37. The van der Waals surface area contributed by atoms with Gasteiger partial charge < -0.3 is 0 Å². The minimum absolute atomic E-state index is 0.307. The molecule has 5 rings (SSSR count). The van der Waals surface area contributed by atoms with Gasteiger partial charge >= 0.3 is 0 Å². The van der Waals surface area contributed by atoms with Gasteiger partial charge in [0.15, 0.2) is 0 Å². The fourth-order valence-corrected chi connectivity index (χ4v) is 4.38. The minimum atomic E-state index is 0.307. The molecule has 0 amide bonds. The monoisotopic (exact) mass is 370 g/mol. The summed E-state index contributed by atoms with van der Waals surface area (Å²) in [5.41, 5.74) is 5.93. The van der Waals surface area contributed by atoms with Crippen molar-refractivity contribution in [3.8, 4) is 0 Å². The highest BCUT2D eigenvalue weighted by molar-refractivity contribution is 6.28. The summed E-state index contributed by atoms with van der Waals surface area (Å²) in [6.45, 7) is 0. The van der Waals surface area contributed by atoms with Crippen LogP contribution in [0, 0.1) is 11.8 Å². The highest BCUT2D eigenvalue weighted by Gasteiger charge is 2.25. The Morgan fingerprint density at radius 1 is 0.815 bits per heavy atom. The number of para-hydroxylation sites is 1. The Kier molecular flexibility index (Phi) is 4.14. The number of halogens is 1. The van der Waals surface area contributed by atoms with Crippen molar-refractivity contribution in [2.45, 2.75) is 12.8 Å². The van der Waals surface area contributed by atoms with E-state index in [9.17, 15) is 0 Å². The number of aromatic nitrogens is 2. The van der Waals surface area contributed by atoms with Crippen LogP contribution in [0.1, 0.15) is 18.5 Å². The molecule has 3 aliphatic rings. The van der Waals surface area contributed by atoms with E-state index in [1.54, 1.807) is 0 Å². The maximum absolute atomic E-state index is 6.17. The normalized spacial score (nSPS) is 23.7. The summed E-state index contributed by atoms with van der Waals surface area (Å²) in [7, 11) is 0. The zero-order chi connectivity index (χ0) is 18.2. The van der Waals surface area contributed by atoms with Gasteiger partial charge in [-0.25, -0.2) is 9.97 Å². The molecule has 2 nitrogen and oxygen atoms in total. The first-order valence-electron chi connectivity index (χ1n) is 9.36. The van der Waals surface area contributed by atoms with E-state index in [4.69, 9.17) is 11.6 Å². The molecule has 2 aromatic rings. The topological polar surface area (TPSA) is 25.8 Å². The molecular weight excluding hydrogens is 352 g/mol. The lowest BCUT2D eigenvalue weighted by molar-refractivity contribution is 0.623. The Hall–Kier alpha value is -2.71. The first-order chi connectivity index (χ1) is 13.3. The zero-order valence-electron chi connectivity index (χ0n) is 14.8. The first-order valence-corrected chi connectivity index (χ1v) is 9.73. The van der Waals surface area contributed by atoms with Gasteiger partial charge in [-0.3, -0.25) is 0 Å². The van der Waals surface area contributed by atoms with Gasteiger partial charge in [-0.05, 0) is 47.2 Å². The average molecular weight is 371 g/mol. The van der Waals surface area contributed by atoms with Crippen LogP contribution < -0.4 is 0 Å². The Bertz CT molecular complexity index is 1100. The van der Waals surface area contributed by atoms with E-state index in [-0.39, 0.29) is 0 Å². The van der Waals surface area contributed by atoms with Crippen molar-refractivity contribution in [3.63, 3.8) is 0 Å². The molecule has 1 heterocycles. The molecule has 2 unspecified atom stereocenters. The van der Waals surface area contributed by atoms with Crippen LogP contribution in [0.5, 0.6) is 0 Å². The minimum Gasteiger partial charge on any atom is -0.218 e. The van der Waals surface area contributed by atoms with Gasteiger partial charge in [0.25, 0.3) is 0 Å². The summed E-state index contributed by atoms with van der Waals surface area (Å²) < 4.78 is 0. The molecule has 0 saturated carbocycles. The predicted octanol–water partition coefficient (Wildman–Crippen LogP) is 6.24. The van der Waals surface area contributed by atoms with Gasteiger partial charge in [0.1, 0.15) is 0 Å². The summed E-state index contributed by atoms with van der Waals surface area (Å²) in [6.07, 6.45) is 22.1. The average Bonchev–Trinajstić information content (AvgIpc) is 2.73. The molecule has 0 aliphatic heterocycles. The maximum atomic E-state index is 6.17. The van der Waals surface area contributed by atoms with Crippen LogP contribution in [-0.2, 0) is 0 Å². The Balaban J connectivity index is 1.52. The van der Waals surface area contributed by atoms with E-state index in [0.29, 0.717) is 17.1 Å². The van der Waals surface area contributed by atoms with Crippen molar-refractivity contribution in [2.24, 2.45) is 11.8 Å². The molecule has 3 aliphatic carbocycles.